The maximum atomic E-state index is 13.6. The summed E-state index contributed by atoms with van der Waals surface area (Å²) in [6.07, 6.45) is 0. The highest BCUT2D eigenvalue weighted by Crippen LogP contribution is 2.16. The SMILES string of the molecule is Cc1cc(N2CCOCC2)nc(NCCNC(=O)c2c(F)cccc2F)n1. The predicted octanol–water partition coefficient (Wildman–Crippen LogP) is 1.74. The van der Waals surface area contributed by atoms with Crippen LogP contribution in [0.3, 0.4) is 0 Å². The molecule has 1 aromatic carbocycles. The summed E-state index contributed by atoms with van der Waals surface area (Å²) in [4.78, 5) is 22.9. The first-order valence-corrected chi connectivity index (χ1v) is 8.69. The number of carbonyl (C=O) groups excluding carboxylic acids is 1. The molecular weight excluding hydrogens is 356 g/mol. The predicted molar refractivity (Wildman–Crippen MR) is 97.0 cm³/mol. The Morgan fingerprint density at radius 2 is 1.89 bits per heavy atom. The molecule has 2 N–H and O–H groups in total. The summed E-state index contributed by atoms with van der Waals surface area (Å²) in [5, 5.41) is 5.50. The van der Waals surface area contributed by atoms with Gasteiger partial charge in [0.15, 0.2) is 0 Å². The Balaban J connectivity index is 1.54. The van der Waals surface area contributed by atoms with Crippen LogP contribution < -0.4 is 15.5 Å². The molecule has 1 aromatic heterocycles. The molecule has 9 heteroatoms. The normalized spacial score (nSPS) is 14.1. The van der Waals surface area contributed by atoms with Gasteiger partial charge < -0.3 is 20.3 Å². The fourth-order valence-corrected chi connectivity index (χ4v) is 2.74. The molecule has 0 aliphatic carbocycles. The minimum absolute atomic E-state index is 0.163. The van der Waals surface area contributed by atoms with E-state index in [0.717, 1.165) is 36.7 Å². The molecule has 0 atom stereocenters. The van der Waals surface area contributed by atoms with Gasteiger partial charge in [-0.1, -0.05) is 6.07 Å². The Morgan fingerprint density at radius 1 is 1.19 bits per heavy atom. The quantitative estimate of drug-likeness (QED) is 0.747. The topological polar surface area (TPSA) is 79.4 Å². The molecule has 3 rings (SSSR count). The zero-order valence-corrected chi connectivity index (χ0v) is 15.0. The van der Waals surface area contributed by atoms with E-state index < -0.39 is 23.1 Å². The standard InChI is InChI=1S/C18H21F2N5O2/c1-12-11-15(25-7-9-27-10-8-25)24-18(23-12)22-6-5-21-17(26)16-13(19)3-2-4-14(16)20/h2-4,11H,5-10H2,1H3,(H,21,26)(H,22,23,24). The molecule has 144 valence electrons. The van der Waals surface area contributed by atoms with Crippen LogP contribution in [0.1, 0.15) is 16.1 Å². The van der Waals surface area contributed by atoms with Crippen LogP contribution in [0, 0.1) is 18.6 Å². The van der Waals surface area contributed by atoms with Crippen LogP contribution in [0.25, 0.3) is 0 Å². The van der Waals surface area contributed by atoms with Crippen molar-refractivity contribution in [2.24, 2.45) is 0 Å². The first-order valence-electron chi connectivity index (χ1n) is 8.69. The van der Waals surface area contributed by atoms with Gasteiger partial charge in [-0.2, -0.15) is 4.98 Å². The third-order valence-electron chi connectivity index (χ3n) is 4.06. The Hall–Kier alpha value is -2.81. The van der Waals surface area contributed by atoms with E-state index >= 15 is 0 Å². The van der Waals surface area contributed by atoms with Crippen LogP contribution in [0.5, 0.6) is 0 Å². The van der Waals surface area contributed by atoms with Crippen molar-refractivity contribution in [1.82, 2.24) is 15.3 Å². The van der Waals surface area contributed by atoms with Crippen molar-refractivity contribution in [3.8, 4) is 0 Å². The fourth-order valence-electron chi connectivity index (χ4n) is 2.74. The number of benzene rings is 1. The average molecular weight is 377 g/mol. The van der Waals surface area contributed by atoms with E-state index in [9.17, 15) is 13.6 Å². The summed E-state index contributed by atoms with van der Waals surface area (Å²) in [6, 6.07) is 5.21. The van der Waals surface area contributed by atoms with E-state index in [-0.39, 0.29) is 6.54 Å². The van der Waals surface area contributed by atoms with E-state index in [1.54, 1.807) is 0 Å². The molecule has 0 saturated carbocycles. The average Bonchev–Trinajstić information content (AvgIpc) is 2.65. The van der Waals surface area contributed by atoms with Crippen LogP contribution >= 0.6 is 0 Å². The van der Waals surface area contributed by atoms with E-state index in [1.807, 2.05) is 13.0 Å². The Kier molecular flexibility index (Phi) is 6.12. The highest BCUT2D eigenvalue weighted by atomic mass is 19.1. The molecule has 2 aromatic rings. The van der Waals surface area contributed by atoms with Crippen LogP contribution in [0.4, 0.5) is 20.5 Å². The summed E-state index contributed by atoms with van der Waals surface area (Å²) >= 11 is 0. The van der Waals surface area contributed by atoms with Crippen molar-refractivity contribution in [2.75, 3.05) is 49.6 Å². The van der Waals surface area contributed by atoms with E-state index in [4.69, 9.17) is 4.74 Å². The minimum Gasteiger partial charge on any atom is -0.378 e. The van der Waals surface area contributed by atoms with Crippen LogP contribution in [0.2, 0.25) is 0 Å². The highest BCUT2D eigenvalue weighted by molar-refractivity contribution is 5.94. The lowest BCUT2D eigenvalue weighted by molar-refractivity contribution is 0.0946. The van der Waals surface area contributed by atoms with Gasteiger partial charge in [0.25, 0.3) is 5.91 Å². The van der Waals surface area contributed by atoms with Gasteiger partial charge in [0, 0.05) is 37.9 Å². The molecular formula is C18H21F2N5O2. The van der Waals surface area contributed by atoms with Gasteiger partial charge in [-0.3, -0.25) is 4.79 Å². The summed E-state index contributed by atoms with van der Waals surface area (Å²) in [7, 11) is 0. The Bertz CT molecular complexity index is 792. The Labute approximate surface area is 155 Å². The number of carbonyl (C=O) groups is 1. The summed E-state index contributed by atoms with van der Waals surface area (Å²) in [5.41, 5.74) is 0.227. The lowest BCUT2D eigenvalue weighted by Gasteiger charge is -2.28. The largest absolute Gasteiger partial charge is 0.378 e. The molecule has 0 radical (unpaired) electrons. The summed E-state index contributed by atoms with van der Waals surface area (Å²) < 4.78 is 32.5. The lowest BCUT2D eigenvalue weighted by atomic mass is 10.2. The van der Waals surface area contributed by atoms with Crippen molar-refractivity contribution >= 4 is 17.7 Å². The number of nitrogens with zero attached hydrogens (tertiary/aromatic N) is 3. The Morgan fingerprint density at radius 3 is 2.59 bits per heavy atom. The molecule has 0 unspecified atom stereocenters. The number of nitrogens with one attached hydrogen (secondary N) is 2. The maximum Gasteiger partial charge on any atom is 0.257 e. The molecule has 27 heavy (non-hydrogen) atoms. The molecule has 1 aliphatic rings. The van der Waals surface area contributed by atoms with Crippen LogP contribution in [-0.2, 0) is 4.74 Å². The number of aryl methyl sites for hydroxylation is 1. The smallest absolute Gasteiger partial charge is 0.257 e. The molecule has 7 nitrogen and oxygen atoms in total. The number of rotatable bonds is 6. The second-order valence-corrected chi connectivity index (χ2v) is 6.07. The van der Waals surface area contributed by atoms with Gasteiger partial charge in [-0.05, 0) is 19.1 Å². The number of anilines is 2. The second kappa shape index (κ2) is 8.72. The summed E-state index contributed by atoms with van der Waals surface area (Å²) in [5.74, 6) is -1.34. The lowest BCUT2D eigenvalue weighted by Crippen LogP contribution is -2.37. The van der Waals surface area contributed by atoms with Gasteiger partial charge in [0.05, 0.1) is 13.2 Å². The monoisotopic (exact) mass is 377 g/mol. The third-order valence-corrected chi connectivity index (χ3v) is 4.06. The molecule has 1 fully saturated rings. The molecule has 0 spiro atoms. The van der Waals surface area contributed by atoms with E-state index in [2.05, 4.69) is 25.5 Å². The van der Waals surface area contributed by atoms with Crippen molar-refractivity contribution in [3.05, 3.63) is 47.2 Å². The number of aromatic nitrogens is 2. The zero-order chi connectivity index (χ0) is 19.2. The highest BCUT2D eigenvalue weighted by Gasteiger charge is 2.17. The number of hydrogen-bond acceptors (Lipinski definition) is 6. The van der Waals surface area contributed by atoms with Crippen molar-refractivity contribution in [1.29, 1.82) is 0 Å². The van der Waals surface area contributed by atoms with Gasteiger partial charge in [0.2, 0.25) is 5.95 Å². The van der Waals surface area contributed by atoms with Crippen molar-refractivity contribution in [3.63, 3.8) is 0 Å². The second-order valence-electron chi connectivity index (χ2n) is 6.07. The van der Waals surface area contributed by atoms with Crippen LogP contribution in [-0.4, -0.2) is 55.3 Å². The van der Waals surface area contributed by atoms with Crippen molar-refractivity contribution < 1.29 is 18.3 Å². The number of amides is 1. The van der Waals surface area contributed by atoms with Crippen LogP contribution in [0.15, 0.2) is 24.3 Å². The van der Waals surface area contributed by atoms with Gasteiger partial charge in [0.1, 0.15) is 23.0 Å². The molecule has 0 bridgehead atoms. The van der Waals surface area contributed by atoms with E-state index in [1.165, 1.54) is 6.07 Å². The number of morpholine rings is 1. The molecule has 1 amide bonds. The minimum atomic E-state index is -0.891. The fraction of sp³-hybridized carbons (Fsp3) is 0.389. The van der Waals surface area contributed by atoms with Gasteiger partial charge in [-0.25, -0.2) is 13.8 Å². The molecule has 2 heterocycles. The first-order chi connectivity index (χ1) is 13.0. The number of hydrogen-bond donors (Lipinski definition) is 2. The summed E-state index contributed by atoms with van der Waals surface area (Å²) in [6.45, 7) is 5.19. The van der Waals surface area contributed by atoms with Gasteiger partial charge >= 0.3 is 0 Å². The zero-order valence-electron chi connectivity index (χ0n) is 15.0. The van der Waals surface area contributed by atoms with Gasteiger partial charge in [-0.15, -0.1) is 0 Å². The van der Waals surface area contributed by atoms with Crippen molar-refractivity contribution in [2.45, 2.75) is 6.92 Å². The number of halogens is 2. The first kappa shape index (κ1) is 19.0. The number of ether oxygens (including phenoxy) is 1. The van der Waals surface area contributed by atoms with E-state index in [0.29, 0.717) is 25.7 Å². The molecule has 1 aliphatic heterocycles. The third kappa shape index (κ3) is 4.88. The molecule has 1 saturated heterocycles. The maximum absolute atomic E-state index is 13.6.